The number of rotatable bonds is 4. The van der Waals surface area contributed by atoms with Gasteiger partial charge in [-0.05, 0) is 37.0 Å². The summed E-state index contributed by atoms with van der Waals surface area (Å²) < 4.78 is 13.4. The normalized spacial score (nSPS) is 26.8. The molecule has 1 aromatic rings. The smallest absolute Gasteiger partial charge is 0.241 e. The number of benzene rings is 1. The third kappa shape index (κ3) is 3.10. The van der Waals surface area contributed by atoms with Crippen molar-refractivity contribution in [2.24, 2.45) is 5.92 Å². The summed E-state index contributed by atoms with van der Waals surface area (Å²) in [6.45, 7) is 2.65. The zero-order chi connectivity index (χ0) is 14.8. The largest absolute Gasteiger partial charge is 0.322 e. The second kappa shape index (κ2) is 6.14. The van der Waals surface area contributed by atoms with Crippen LogP contribution in [-0.4, -0.2) is 23.4 Å². The Morgan fingerprint density at radius 3 is 2.81 bits per heavy atom. The molecular formula is C17H23FN2O. The van der Waals surface area contributed by atoms with E-state index in [9.17, 15) is 9.18 Å². The van der Waals surface area contributed by atoms with Crippen molar-refractivity contribution in [1.29, 1.82) is 0 Å². The summed E-state index contributed by atoms with van der Waals surface area (Å²) in [7, 11) is 0. The van der Waals surface area contributed by atoms with Crippen molar-refractivity contribution in [3.63, 3.8) is 0 Å². The van der Waals surface area contributed by atoms with Gasteiger partial charge in [-0.2, -0.15) is 0 Å². The Morgan fingerprint density at radius 2 is 2.10 bits per heavy atom. The molecule has 2 aliphatic rings. The Bertz CT molecular complexity index is 513. The first-order chi connectivity index (χ1) is 10.1. The number of halogens is 1. The second-order valence-electron chi connectivity index (χ2n) is 6.32. The molecule has 1 heterocycles. The summed E-state index contributed by atoms with van der Waals surface area (Å²) in [4.78, 5) is 14.2. The van der Waals surface area contributed by atoms with Crippen molar-refractivity contribution in [2.75, 3.05) is 6.54 Å². The highest BCUT2D eigenvalue weighted by atomic mass is 19.1. The van der Waals surface area contributed by atoms with Gasteiger partial charge in [0, 0.05) is 6.54 Å². The van der Waals surface area contributed by atoms with Gasteiger partial charge < -0.3 is 4.90 Å². The molecule has 1 amide bonds. The zero-order valence-electron chi connectivity index (χ0n) is 12.5. The van der Waals surface area contributed by atoms with Crippen LogP contribution < -0.4 is 5.32 Å². The van der Waals surface area contributed by atoms with Crippen LogP contribution in [0.15, 0.2) is 24.3 Å². The molecule has 1 aliphatic carbocycles. The lowest BCUT2D eigenvalue weighted by molar-refractivity contribution is -0.130. The van der Waals surface area contributed by atoms with Crippen LogP contribution in [0.2, 0.25) is 0 Å². The molecule has 3 rings (SSSR count). The first kappa shape index (κ1) is 14.5. The number of carbonyl (C=O) groups is 1. The molecule has 4 heteroatoms. The van der Waals surface area contributed by atoms with Crippen molar-refractivity contribution in [1.82, 2.24) is 10.2 Å². The van der Waals surface area contributed by atoms with E-state index >= 15 is 0 Å². The van der Waals surface area contributed by atoms with E-state index in [2.05, 4.69) is 5.32 Å². The van der Waals surface area contributed by atoms with Crippen LogP contribution in [0.1, 0.15) is 50.8 Å². The molecule has 114 valence electrons. The van der Waals surface area contributed by atoms with Crippen molar-refractivity contribution >= 4 is 5.91 Å². The number of hydrogen-bond donors (Lipinski definition) is 1. The van der Waals surface area contributed by atoms with Gasteiger partial charge in [0.25, 0.3) is 0 Å². The lowest BCUT2D eigenvalue weighted by Gasteiger charge is -2.26. The van der Waals surface area contributed by atoms with Crippen LogP contribution in [0.4, 0.5) is 4.39 Å². The quantitative estimate of drug-likeness (QED) is 0.923. The monoisotopic (exact) mass is 290 g/mol. The number of nitrogens with zero attached hydrogens (tertiary/aromatic N) is 1. The summed E-state index contributed by atoms with van der Waals surface area (Å²) in [5.74, 6) is 0.626. The van der Waals surface area contributed by atoms with Gasteiger partial charge in [-0.25, -0.2) is 4.39 Å². The van der Waals surface area contributed by atoms with E-state index in [4.69, 9.17) is 0 Å². The molecule has 0 bridgehead atoms. The number of nitrogens with one attached hydrogen (secondary N) is 1. The lowest BCUT2D eigenvalue weighted by atomic mass is 10.0. The topological polar surface area (TPSA) is 32.3 Å². The molecule has 3 nitrogen and oxygen atoms in total. The highest BCUT2D eigenvalue weighted by Crippen LogP contribution is 2.31. The Hall–Kier alpha value is -1.42. The summed E-state index contributed by atoms with van der Waals surface area (Å²) in [5.41, 5.74) is 0.833. The van der Waals surface area contributed by atoms with E-state index in [-0.39, 0.29) is 23.9 Å². The molecule has 1 aromatic carbocycles. The summed E-state index contributed by atoms with van der Waals surface area (Å²) in [6.07, 6.45) is 6.09. The maximum atomic E-state index is 13.4. The molecule has 0 aromatic heterocycles. The third-order valence-electron chi connectivity index (χ3n) is 4.79. The summed E-state index contributed by atoms with van der Waals surface area (Å²) >= 11 is 0. The van der Waals surface area contributed by atoms with Crippen molar-refractivity contribution in [2.45, 2.75) is 51.2 Å². The van der Waals surface area contributed by atoms with Gasteiger partial charge in [0.05, 0.1) is 6.04 Å². The van der Waals surface area contributed by atoms with E-state index in [1.165, 1.54) is 37.8 Å². The molecule has 0 spiro atoms. The molecule has 1 saturated heterocycles. The Kier molecular flexibility index (Phi) is 4.24. The molecule has 0 radical (unpaired) electrons. The van der Waals surface area contributed by atoms with Crippen LogP contribution in [0.3, 0.4) is 0 Å². The van der Waals surface area contributed by atoms with E-state index in [1.54, 1.807) is 6.07 Å². The summed E-state index contributed by atoms with van der Waals surface area (Å²) in [6, 6.07) is 6.35. The van der Waals surface area contributed by atoms with Crippen molar-refractivity contribution < 1.29 is 9.18 Å². The molecule has 2 unspecified atom stereocenters. The van der Waals surface area contributed by atoms with Crippen LogP contribution in [-0.2, 0) is 4.79 Å². The minimum Gasteiger partial charge on any atom is -0.322 e. The first-order valence-corrected chi connectivity index (χ1v) is 7.97. The fraction of sp³-hybridized carbons (Fsp3) is 0.588. The fourth-order valence-electron chi connectivity index (χ4n) is 3.59. The maximum Gasteiger partial charge on any atom is 0.241 e. The van der Waals surface area contributed by atoms with Gasteiger partial charge in [-0.15, -0.1) is 0 Å². The minimum atomic E-state index is -0.253. The van der Waals surface area contributed by atoms with E-state index in [0.29, 0.717) is 0 Å². The van der Waals surface area contributed by atoms with Crippen LogP contribution >= 0.6 is 0 Å². The number of hydrogen-bond acceptors (Lipinski definition) is 2. The second-order valence-corrected chi connectivity index (χ2v) is 6.32. The predicted octanol–water partition coefficient (Wildman–Crippen LogP) is 3.22. The highest BCUT2D eigenvalue weighted by Gasteiger charge is 2.37. The first-order valence-electron chi connectivity index (χ1n) is 7.97. The molecule has 21 heavy (non-hydrogen) atoms. The van der Waals surface area contributed by atoms with Gasteiger partial charge >= 0.3 is 0 Å². The maximum absolute atomic E-state index is 13.4. The van der Waals surface area contributed by atoms with Crippen LogP contribution in [0, 0.1) is 11.7 Å². The van der Waals surface area contributed by atoms with Crippen LogP contribution in [0.25, 0.3) is 0 Å². The zero-order valence-corrected chi connectivity index (χ0v) is 12.5. The molecule has 2 atom stereocenters. The molecule has 2 fully saturated rings. The average molecular weight is 290 g/mol. The number of amides is 1. The minimum absolute atomic E-state index is 0.127. The van der Waals surface area contributed by atoms with Gasteiger partial charge in [-0.1, -0.05) is 37.8 Å². The van der Waals surface area contributed by atoms with Crippen LogP contribution in [0.5, 0.6) is 0 Å². The Morgan fingerprint density at radius 1 is 1.33 bits per heavy atom. The highest BCUT2D eigenvalue weighted by molar-refractivity contribution is 5.84. The summed E-state index contributed by atoms with van der Waals surface area (Å²) in [5, 5.41) is 3.28. The SMILES string of the molecule is CC1NC(c2cccc(F)c2)N(CCC2CCCC2)C1=O. The van der Waals surface area contributed by atoms with Gasteiger partial charge in [0.1, 0.15) is 12.0 Å². The third-order valence-corrected chi connectivity index (χ3v) is 4.79. The molecular weight excluding hydrogens is 267 g/mol. The Balaban J connectivity index is 1.72. The van der Waals surface area contributed by atoms with E-state index < -0.39 is 0 Å². The number of carbonyl (C=O) groups excluding carboxylic acids is 1. The van der Waals surface area contributed by atoms with E-state index in [1.807, 2.05) is 17.9 Å². The average Bonchev–Trinajstić information content (AvgIpc) is 3.07. The van der Waals surface area contributed by atoms with Gasteiger partial charge in [0.2, 0.25) is 5.91 Å². The Labute approximate surface area is 125 Å². The molecule has 1 aliphatic heterocycles. The van der Waals surface area contributed by atoms with Gasteiger partial charge in [-0.3, -0.25) is 10.1 Å². The fourth-order valence-corrected chi connectivity index (χ4v) is 3.59. The molecule has 1 N–H and O–H groups in total. The van der Waals surface area contributed by atoms with Crippen molar-refractivity contribution in [3.05, 3.63) is 35.6 Å². The lowest BCUT2D eigenvalue weighted by Crippen LogP contribution is -2.32. The predicted molar refractivity (Wildman–Crippen MR) is 80.0 cm³/mol. The molecule has 1 saturated carbocycles. The standard InChI is InChI=1S/C17H23FN2O/c1-12-17(21)20(10-9-13-5-2-3-6-13)16(19-12)14-7-4-8-15(18)11-14/h4,7-8,11-13,16,19H,2-3,5-6,9-10H2,1H3. The van der Waals surface area contributed by atoms with Crippen molar-refractivity contribution in [3.8, 4) is 0 Å². The van der Waals surface area contributed by atoms with E-state index in [0.717, 1.165) is 24.4 Å². The van der Waals surface area contributed by atoms with Gasteiger partial charge in [0.15, 0.2) is 0 Å².